The van der Waals surface area contributed by atoms with Gasteiger partial charge in [0, 0.05) is 6.42 Å². The highest BCUT2D eigenvalue weighted by atomic mass is 35.5. The van der Waals surface area contributed by atoms with E-state index >= 15 is 0 Å². The standard InChI is InChI=1S/C13H19ClF3NO3S/c1-3-5-10(4-2)6-7-12(14,11(18)19)22(20,21)9-8-13(15,16)17/h1,10H,4-9H2,2H3,(H2,18,19). The molecule has 0 spiro atoms. The molecular formula is C13H19ClF3NO3S. The molecule has 2 N–H and O–H groups in total. The van der Waals surface area contributed by atoms with E-state index in [9.17, 15) is 26.4 Å². The summed E-state index contributed by atoms with van der Waals surface area (Å²) >= 11 is 5.81. The first-order valence-electron chi connectivity index (χ1n) is 6.61. The van der Waals surface area contributed by atoms with Crippen molar-refractivity contribution < 1.29 is 26.4 Å². The van der Waals surface area contributed by atoms with E-state index in [0.29, 0.717) is 12.8 Å². The molecule has 0 bridgehead atoms. The summed E-state index contributed by atoms with van der Waals surface area (Å²) in [6.07, 6.45) is -0.302. The number of hydrogen-bond donors (Lipinski definition) is 1. The molecule has 0 rings (SSSR count). The van der Waals surface area contributed by atoms with Crippen molar-refractivity contribution in [2.75, 3.05) is 5.75 Å². The van der Waals surface area contributed by atoms with Gasteiger partial charge in [0.25, 0.3) is 5.91 Å². The fourth-order valence-electron chi connectivity index (χ4n) is 1.85. The first-order chi connectivity index (χ1) is 9.89. The lowest BCUT2D eigenvalue weighted by atomic mass is 9.96. The van der Waals surface area contributed by atoms with Crippen LogP contribution < -0.4 is 5.73 Å². The van der Waals surface area contributed by atoms with Gasteiger partial charge >= 0.3 is 6.18 Å². The maximum atomic E-state index is 12.2. The first kappa shape index (κ1) is 21.1. The molecule has 1 amide bonds. The van der Waals surface area contributed by atoms with E-state index in [2.05, 4.69) is 5.92 Å². The zero-order valence-corrected chi connectivity index (χ0v) is 13.7. The minimum absolute atomic E-state index is 0.0831. The van der Waals surface area contributed by atoms with Crippen LogP contribution >= 0.6 is 11.6 Å². The van der Waals surface area contributed by atoms with Crippen molar-refractivity contribution in [1.82, 2.24) is 0 Å². The second-order valence-electron chi connectivity index (χ2n) is 5.00. The van der Waals surface area contributed by atoms with Crippen LogP contribution in [0.15, 0.2) is 0 Å². The van der Waals surface area contributed by atoms with Crippen molar-refractivity contribution in [3.8, 4) is 12.3 Å². The number of hydrogen-bond acceptors (Lipinski definition) is 3. The van der Waals surface area contributed by atoms with Crippen LogP contribution in [0.3, 0.4) is 0 Å². The van der Waals surface area contributed by atoms with Gasteiger partial charge in [0.1, 0.15) is 0 Å². The van der Waals surface area contributed by atoms with Crippen molar-refractivity contribution >= 4 is 27.3 Å². The van der Waals surface area contributed by atoms with Gasteiger partial charge in [0.15, 0.2) is 9.84 Å². The lowest BCUT2D eigenvalue weighted by Crippen LogP contribution is -2.47. The Morgan fingerprint density at radius 2 is 1.91 bits per heavy atom. The Morgan fingerprint density at radius 3 is 2.27 bits per heavy atom. The van der Waals surface area contributed by atoms with Crippen LogP contribution in [0.25, 0.3) is 0 Å². The Balaban J connectivity index is 5.16. The number of rotatable bonds is 9. The van der Waals surface area contributed by atoms with Gasteiger partial charge in [-0.3, -0.25) is 4.79 Å². The second kappa shape index (κ2) is 8.06. The molecule has 0 heterocycles. The first-order valence-corrected chi connectivity index (χ1v) is 8.64. The molecule has 128 valence electrons. The third-order valence-corrected chi connectivity index (χ3v) is 6.59. The van der Waals surface area contributed by atoms with Crippen molar-refractivity contribution in [3.63, 3.8) is 0 Å². The summed E-state index contributed by atoms with van der Waals surface area (Å²) in [5.74, 6) is -0.324. The van der Waals surface area contributed by atoms with Gasteiger partial charge in [-0.05, 0) is 18.8 Å². The van der Waals surface area contributed by atoms with Gasteiger partial charge in [0.05, 0.1) is 12.2 Å². The van der Waals surface area contributed by atoms with E-state index in [1.807, 2.05) is 6.92 Å². The molecule has 0 aromatic heterocycles. The number of sulfone groups is 1. The van der Waals surface area contributed by atoms with E-state index in [4.69, 9.17) is 23.8 Å². The SMILES string of the molecule is C#CCC(CC)CCC(Cl)(C(N)=O)S(=O)(=O)CCC(F)(F)F. The maximum Gasteiger partial charge on any atom is 0.390 e. The number of halogens is 4. The topological polar surface area (TPSA) is 77.2 Å². The summed E-state index contributed by atoms with van der Waals surface area (Å²) in [5.41, 5.74) is 5.03. The Hall–Kier alpha value is -0.940. The molecule has 0 saturated heterocycles. The molecule has 4 nitrogen and oxygen atoms in total. The molecule has 0 aliphatic carbocycles. The Bertz CT molecular complexity index is 528. The normalized spacial score (nSPS) is 16.5. The fourth-order valence-corrected chi connectivity index (χ4v) is 3.75. The zero-order chi connectivity index (χ0) is 17.6. The quantitative estimate of drug-likeness (QED) is 0.506. The second-order valence-corrected chi connectivity index (χ2v) is 8.20. The predicted octanol–water partition coefficient (Wildman–Crippen LogP) is 2.60. The molecule has 9 heteroatoms. The van der Waals surface area contributed by atoms with Crippen molar-refractivity contribution in [2.24, 2.45) is 11.7 Å². The molecule has 0 fully saturated rings. The molecular weight excluding hydrogens is 343 g/mol. The summed E-state index contributed by atoms with van der Waals surface area (Å²) in [6.45, 7) is 1.82. The third kappa shape index (κ3) is 6.05. The van der Waals surface area contributed by atoms with Crippen LogP contribution in [0.4, 0.5) is 13.2 Å². The van der Waals surface area contributed by atoms with Crippen LogP contribution in [0.1, 0.15) is 39.0 Å². The molecule has 22 heavy (non-hydrogen) atoms. The number of amides is 1. The van der Waals surface area contributed by atoms with Crippen LogP contribution in [0.2, 0.25) is 0 Å². The lowest BCUT2D eigenvalue weighted by molar-refractivity contribution is -0.130. The summed E-state index contributed by atoms with van der Waals surface area (Å²) in [6, 6.07) is 0. The predicted molar refractivity (Wildman–Crippen MR) is 78.7 cm³/mol. The number of terminal acetylenes is 1. The maximum absolute atomic E-state index is 12.2. The number of nitrogens with two attached hydrogens (primary N) is 1. The Morgan fingerprint density at radius 1 is 1.36 bits per heavy atom. The van der Waals surface area contributed by atoms with Crippen LogP contribution in [0.5, 0.6) is 0 Å². The van der Waals surface area contributed by atoms with E-state index in [1.54, 1.807) is 0 Å². The average molecular weight is 362 g/mol. The molecule has 0 aromatic rings. The molecule has 0 aliphatic rings. The minimum atomic E-state index is -4.67. The molecule has 0 saturated carbocycles. The highest BCUT2D eigenvalue weighted by Crippen LogP contribution is 2.34. The van der Waals surface area contributed by atoms with Gasteiger partial charge in [-0.15, -0.1) is 12.3 Å². The van der Waals surface area contributed by atoms with E-state index < -0.39 is 38.3 Å². The minimum Gasteiger partial charge on any atom is -0.367 e. The van der Waals surface area contributed by atoms with E-state index in [1.165, 1.54) is 0 Å². The summed E-state index contributed by atoms with van der Waals surface area (Å²) < 4.78 is 58.1. The lowest BCUT2D eigenvalue weighted by Gasteiger charge is -2.25. The zero-order valence-electron chi connectivity index (χ0n) is 12.1. The Labute approximate surface area is 133 Å². The monoisotopic (exact) mass is 361 g/mol. The molecule has 0 aliphatic heterocycles. The number of primary amides is 1. The summed E-state index contributed by atoms with van der Waals surface area (Å²) in [4.78, 5) is 11.4. The highest BCUT2D eigenvalue weighted by Gasteiger charge is 2.48. The molecule has 2 unspecified atom stereocenters. The van der Waals surface area contributed by atoms with Gasteiger partial charge in [-0.1, -0.05) is 24.9 Å². The highest BCUT2D eigenvalue weighted by molar-refractivity contribution is 7.95. The molecule has 2 atom stereocenters. The average Bonchev–Trinajstić information content (AvgIpc) is 2.39. The Kier molecular flexibility index (Phi) is 7.72. The van der Waals surface area contributed by atoms with Crippen LogP contribution in [0, 0.1) is 18.3 Å². The fraction of sp³-hybridized carbons (Fsp3) is 0.769. The van der Waals surface area contributed by atoms with Crippen molar-refractivity contribution in [3.05, 3.63) is 0 Å². The molecule has 0 aromatic carbocycles. The third-order valence-electron chi connectivity index (χ3n) is 3.37. The van der Waals surface area contributed by atoms with Crippen LogP contribution in [-0.4, -0.2) is 30.5 Å². The van der Waals surface area contributed by atoms with Gasteiger partial charge in [-0.25, -0.2) is 8.42 Å². The number of carbonyl (C=O) groups excluding carboxylic acids is 1. The van der Waals surface area contributed by atoms with Crippen LogP contribution in [-0.2, 0) is 14.6 Å². The largest absolute Gasteiger partial charge is 0.390 e. The van der Waals surface area contributed by atoms with Crippen molar-refractivity contribution in [2.45, 2.75) is 49.4 Å². The van der Waals surface area contributed by atoms with Crippen molar-refractivity contribution in [1.29, 1.82) is 0 Å². The molecule has 0 radical (unpaired) electrons. The van der Waals surface area contributed by atoms with Gasteiger partial charge in [-0.2, -0.15) is 13.2 Å². The van der Waals surface area contributed by atoms with E-state index in [0.717, 1.165) is 0 Å². The van der Waals surface area contributed by atoms with E-state index in [-0.39, 0.29) is 18.8 Å². The number of alkyl halides is 4. The smallest absolute Gasteiger partial charge is 0.367 e. The number of carbonyl (C=O) groups is 1. The summed E-state index contributed by atoms with van der Waals surface area (Å²) in [7, 11) is -4.55. The van der Waals surface area contributed by atoms with Gasteiger partial charge < -0.3 is 5.73 Å². The summed E-state index contributed by atoms with van der Waals surface area (Å²) in [5, 5.41) is 0. The van der Waals surface area contributed by atoms with Gasteiger partial charge in [0.2, 0.25) is 4.21 Å².